The van der Waals surface area contributed by atoms with Crippen LogP contribution in [0.5, 0.6) is 11.5 Å². The van der Waals surface area contributed by atoms with Gasteiger partial charge in [0.1, 0.15) is 0 Å². The SMILES string of the molecule is COc1ccc(-c2cnc(-n3c(=O)n(C(=O)O)c4ccccc43)nc2)cc1OC1CCCC1. The second kappa shape index (κ2) is 8.42. The Morgan fingerprint density at radius 1 is 1.00 bits per heavy atom. The van der Waals surface area contributed by atoms with Crippen molar-refractivity contribution in [2.24, 2.45) is 0 Å². The average Bonchev–Trinajstić information content (AvgIpc) is 3.44. The van der Waals surface area contributed by atoms with Crippen molar-refractivity contribution >= 4 is 17.1 Å². The van der Waals surface area contributed by atoms with Crippen LogP contribution in [0, 0.1) is 0 Å². The lowest BCUT2D eigenvalue weighted by atomic mass is 10.1. The van der Waals surface area contributed by atoms with Gasteiger partial charge in [-0.15, -0.1) is 0 Å². The minimum atomic E-state index is -1.36. The second-order valence-electron chi connectivity index (χ2n) is 7.89. The van der Waals surface area contributed by atoms with E-state index in [0.29, 0.717) is 21.6 Å². The van der Waals surface area contributed by atoms with E-state index in [-0.39, 0.29) is 17.6 Å². The van der Waals surface area contributed by atoms with E-state index in [1.54, 1.807) is 43.8 Å². The van der Waals surface area contributed by atoms with Crippen LogP contribution in [-0.2, 0) is 0 Å². The Morgan fingerprint density at radius 2 is 1.70 bits per heavy atom. The largest absolute Gasteiger partial charge is 0.493 e. The molecule has 0 unspecified atom stereocenters. The van der Waals surface area contributed by atoms with Crippen LogP contribution in [0.15, 0.2) is 59.7 Å². The fraction of sp³-hybridized carbons (Fsp3) is 0.250. The number of rotatable bonds is 5. The molecule has 4 aromatic rings. The van der Waals surface area contributed by atoms with Crippen molar-refractivity contribution in [3.63, 3.8) is 0 Å². The third kappa shape index (κ3) is 3.71. The molecule has 1 aliphatic carbocycles. The predicted octanol–water partition coefficient (Wildman–Crippen LogP) is 4.11. The van der Waals surface area contributed by atoms with Crippen LogP contribution in [0.25, 0.3) is 28.1 Å². The normalized spacial score (nSPS) is 14.0. The Bertz CT molecular complexity index is 1380. The van der Waals surface area contributed by atoms with Crippen molar-refractivity contribution in [2.75, 3.05) is 7.11 Å². The number of carbonyl (C=O) groups is 1. The standard InChI is InChI=1S/C24H22N4O5/c1-32-20-11-10-15(12-21(20)33-17-6-2-3-7-17)16-13-25-22(26-14-16)27-18-8-4-5-9-19(18)28(23(27)29)24(30)31/h4-5,8-14,17H,2-3,6-7H2,1H3,(H,30,31). The highest BCUT2D eigenvalue weighted by atomic mass is 16.5. The van der Waals surface area contributed by atoms with Crippen molar-refractivity contribution in [2.45, 2.75) is 31.8 Å². The lowest BCUT2D eigenvalue weighted by molar-refractivity contribution is 0.196. The molecule has 0 atom stereocenters. The summed E-state index contributed by atoms with van der Waals surface area (Å²) in [6.07, 6.45) is 6.42. The Labute approximate surface area is 188 Å². The van der Waals surface area contributed by atoms with Crippen molar-refractivity contribution in [3.8, 4) is 28.6 Å². The van der Waals surface area contributed by atoms with E-state index >= 15 is 0 Å². The number of ether oxygens (including phenoxy) is 2. The summed E-state index contributed by atoms with van der Waals surface area (Å²) in [7, 11) is 1.61. The molecule has 2 heterocycles. The molecule has 0 bridgehead atoms. The highest BCUT2D eigenvalue weighted by Gasteiger charge is 2.21. The van der Waals surface area contributed by atoms with Crippen LogP contribution in [-0.4, -0.2) is 43.5 Å². The zero-order chi connectivity index (χ0) is 22.9. The zero-order valence-electron chi connectivity index (χ0n) is 18.0. The van der Waals surface area contributed by atoms with Crippen LogP contribution >= 0.6 is 0 Å². The molecule has 1 N–H and O–H groups in total. The topological polar surface area (TPSA) is 108 Å². The fourth-order valence-corrected chi connectivity index (χ4v) is 4.25. The summed E-state index contributed by atoms with van der Waals surface area (Å²) < 4.78 is 13.5. The molecule has 0 amide bonds. The van der Waals surface area contributed by atoms with Gasteiger partial charge in [0.15, 0.2) is 11.5 Å². The van der Waals surface area contributed by atoms with Crippen molar-refractivity contribution in [1.29, 1.82) is 0 Å². The van der Waals surface area contributed by atoms with Gasteiger partial charge < -0.3 is 14.6 Å². The van der Waals surface area contributed by atoms with Crippen LogP contribution in [0.3, 0.4) is 0 Å². The molecular formula is C24H22N4O5. The smallest absolute Gasteiger partial charge is 0.420 e. The first kappa shape index (κ1) is 20.7. The van der Waals surface area contributed by atoms with E-state index in [1.807, 2.05) is 18.2 Å². The Morgan fingerprint density at radius 3 is 2.36 bits per heavy atom. The molecule has 9 nitrogen and oxygen atoms in total. The number of carboxylic acid groups (broad SMARTS) is 1. The summed E-state index contributed by atoms with van der Waals surface area (Å²) in [6.45, 7) is 0. The van der Waals surface area contributed by atoms with Gasteiger partial charge in [-0.2, -0.15) is 4.57 Å². The van der Waals surface area contributed by atoms with Gasteiger partial charge in [0, 0.05) is 18.0 Å². The minimum Gasteiger partial charge on any atom is -0.493 e. The molecule has 1 aliphatic rings. The van der Waals surface area contributed by atoms with Gasteiger partial charge in [0.2, 0.25) is 5.95 Å². The highest BCUT2D eigenvalue weighted by molar-refractivity contribution is 5.86. The van der Waals surface area contributed by atoms with E-state index < -0.39 is 11.8 Å². The van der Waals surface area contributed by atoms with Crippen LogP contribution in [0.4, 0.5) is 4.79 Å². The number of methoxy groups -OCH3 is 1. The molecule has 2 aromatic heterocycles. The molecule has 33 heavy (non-hydrogen) atoms. The number of aromatic nitrogens is 4. The lowest BCUT2D eigenvalue weighted by Gasteiger charge is -2.17. The number of imidazole rings is 1. The van der Waals surface area contributed by atoms with E-state index in [2.05, 4.69) is 9.97 Å². The Kier molecular flexibility index (Phi) is 5.29. The molecule has 0 spiro atoms. The lowest BCUT2D eigenvalue weighted by Crippen LogP contribution is -2.28. The zero-order valence-corrected chi connectivity index (χ0v) is 18.0. The maximum Gasteiger partial charge on any atom is 0.420 e. The highest BCUT2D eigenvalue weighted by Crippen LogP contribution is 2.35. The maximum absolute atomic E-state index is 12.8. The van der Waals surface area contributed by atoms with Crippen molar-refractivity contribution < 1.29 is 19.4 Å². The van der Waals surface area contributed by atoms with E-state index in [1.165, 1.54) is 17.4 Å². The van der Waals surface area contributed by atoms with Gasteiger partial charge in [-0.1, -0.05) is 18.2 Å². The van der Waals surface area contributed by atoms with Gasteiger partial charge in [0.25, 0.3) is 0 Å². The summed E-state index contributed by atoms with van der Waals surface area (Å²) in [5.74, 6) is 1.43. The minimum absolute atomic E-state index is 0.0934. The van der Waals surface area contributed by atoms with Crippen LogP contribution in [0.1, 0.15) is 25.7 Å². The molecule has 168 valence electrons. The van der Waals surface area contributed by atoms with E-state index in [9.17, 15) is 14.7 Å². The van der Waals surface area contributed by atoms with E-state index in [0.717, 1.165) is 24.0 Å². The van der Waals surface area contributed by atoms with Gasteiger partial charge >= 0.3 is 11.8 Å². The first-order valence-electron chi connectivity index (χ1n) is 10.7. The molecular weight excluding hydrogens is 424 g/mol. The van der Waals surface area contributed by atoms with Crippen LogP contribution < -0.4 is 15.2 Å². The molecule has 2 aromatic carbocycles. The molecule has 0 aliphatic heterocycles. The molecule has 9 heteroatoms. The summed E-state index contributed by atoms with van der Waals surface area (Å²) in [5, 5.41) is 9.47. The number of benzene rings is 2. The quantitative estimate of drug-likeness (QED) is 0.491. The third-order valence-electron chi connectivity index (χ3n) is 5.87. The second-order valence-corrected chi connectivity index (χ2v) is 7.89. The number of hydrogen-bond acceptors (Lipinski definition) is 6. The monoisotopic (exact) mass is 446 g/mol. The molecule has 1 saturated carbocycles. The van der Waals surface area contributed by atoms with E-state index in [4.69, 9.17) is 9.47 Å². The summed E-state index contributed by atoms with van der Waals surface area (Å²) >= 11 is 0. The number of fused-ring (bicyclic) bond motifs is 1. The van der Waals surface area contributed by atoms with Crippen molar-refractivity contribution in [3.05, 3.63) is 65.3 Å². The first-order valence-corrected chi connectivity index (χ1v) is 10.7. The van der Waals surface area contributed by atoms with Crippen LogP contribution in [0.2, 0.25) is 0 Å². The fourth-order valence-electron chi connectivity index (χ4n) is 4.25. The number of para-hydroxylation sites is 2. The maximum atomic E-state index is 12.8. The average molecular weight is 446 g/mol. The molecule has 5 rings (SSSR count). The molecule has 1 fully saturated rings. The summed E-state index contributed by atoms with van der Waals surface area (Å²) in [6, 6.07) is 12.3. The summed E-state index contributed by atoms with van der Waals surface area (Å²) in [5.41, 5.74) is 1.51. The molecule has 0 saturated heterocycles. The number of hydrogen-bond donors (Lipinski definition) is 1. The predicted molar refractivity (Wildman–Crippen MR) is 121 cm³/mol. The first-order chi connectivity index (χ1) is 16.1. The van der Waals surface area contributed by atoms with Gasteiger partial charge in [-0.05, 0) is 55.5 Å². The number of nitrogens with zero attached hydrogens (tertiary/aromatic N) is 4. The van der Waals surface area contributed by atoms with Gasteiger partial charge in [-0.25, -0.2) is 24.1 Å². The van der Waals surface area contributed by atoms with Crippen molar-refractivity contribution in [1.82, 2.24) is 19.1 Å². The summed E-state index contributed by atoms with van der Waals surface area (Å²) in [4.78, 5) is 33.1. The van der Waals surface area contributed by atoms with Gasteiger partial charge in [0.05, 0.1) is 24.2 Å². The Hall–Kier alpha value is -4.14. The molecule has 0 radical (unpaired) electrons. The third-order valence-corrected chi connectivity index (χ3v) is 5.87. The Balaban J connectivity index is 1.52. The van der Waals surface area contributed by atoms with Gasteiger partial charge in [-0.3, -0.25) is 0 Å².